The number of benzene rings is 1. The lowest BCUT2D eigenvalue weighted by Gasteiger charge is -2.08. The molecule has 0 bridgehead atoms. The molecule has 2 rings (SSSR count). The van der Waals surface area contributed by atoms with Gasteiger partial charge in [-0.1, -0.05) is 36.9 Å². The summed E-state index contributed by atoms with van der Waals surface area (Å²) in [6, 6.07) is 10.3. The SMILES string of the molecule is C=C(C)C(=O)NCc1nc(C)n(C)c1Cc1ccccc1. The zero-order valence-electron chi connectivity index (χ0n) is 12.8. The maximum atomic E-state index is 11.6. The molecule has 0 radical (unpaired) electrons. The van der Waals surface area contributed by atoms with Crippen molar-refractivity contribution in [1.82, 2.24) is 14.9 Å². The maximum absolute atomic E-state index is 11.6. The summed E-state index contributed by atoms with van der Waals surface area (Å²) in [5.41, 5.74) is 3.77. The zero-order chi connectivity index (χ0) is 15.4. The third kappa shape index (κ3) is 3.60. The van der Waals surface area contributed by atoms with Crippen molar-refractivity contribution in [3.8, 4) is 0 Å². The minimum Gasteiger partial charge on any atom is -0.347 e. The van der Waals surface area contributed by atoms with Gasteiger partial charge in [-0.25, -0.2) is 4.98 Å². The second kappa shape index (κ2) is 6.39. The summed E-state index contributed by atoms with van der Waals surface area (Å²) < 4.78 is 2.08. The highest BCUT2D eigenvalue weighted by Gasteiger charge is 2.13. The molecule has 1 heterocycles. The fourth-order valence-corrected chi connectivity index (χ4v) is 2.19. The first-order chi connectivity index (χ1) is 9.99. The third-order valence-corrected chi connectivity index (χ3v) is 3.54. The lowest BCUT2D eigenvalue weighted by Crippen LogP contribution is -2.24. The molecule has 0 saturated carbocycles. The first-order valence-corrected chi connectivity index (χ1v) is 6.97. The second-order valence-corrected chi connectivity index (χ2v) is 5.24. The maximum Gasteiger partial charge on any atom is 0.246 e. The van der Waals surface area contributed by atoms with Crippen LogP contribution in [0.25, 0.3) is 0 Å². The van der Waals surface area contributed by atoms with E-state index in [-0.39, 0.29) is 5.91 Å². The van der Waals surface area contributed by atoms with Crippen LogP contribution in [-0.4, -0.2) is 15.5 Å². The van der Waals surface area contributed by atoms with Gasteiger partial charge in [0.1, 0.15) is 5.82 Å². The molecule has 4 heteroatoms. The molecular formula is C17H21N3O. The van der Waals surface area contributed by atoms with E-state index >= 15 is 0 Å². The standard InChI is InChI=1S/C17H21N3O/c1-12(2)17(21)18-11-15-16(20(4)13(3)19-15)10-14-8-6-5-7-9-14/h5-9H,1,10-11H2,2-4H3,(H,18,21). The Labute approximate surface area is 125 Å². The lowest BCUT2D eigenvalue weighted by atomic mass is 10.1. The number of rotatable bonds is 5. The summed E-state index contributed by atoms with van der Waals surface area (Å²) in [6.45, 7) is 7.74. The van der Waals surface area contributed by atoms with Crippen molar-refractivity contribution < 1.29 is 4.79 Å². The first-order valence-electron chi connectivity index (χ1n) is 6.97. The number of imidazole rings is 1. The van der Waals surface area contributed by atoms with E-state index in [4.69, 9.17) is 0 Å². The van der Waals surface area contributed by atoms with E-state index < -0.39 is 0 Å². The van der Waals surface area contributed by atoms with Crippen LogP contribution >= 0.6 is 0 Å². The smallest absolute Gasteiger partial charge is 0.246 e. The highest BCUT2D eigenvalue weighted by molar-refractivity contribution is 5.91. The topological polar surface area (TPSA) is 46.9 Å². The molecule has 110 valence electrons. The molecule has 1 aromatic heterocycles. The van der Waals surface area contributed by atoms with Crippen LogP contribution in [0, 0.1) is 6.92 Å². The number of amides is 1. The fraction of sp³-hybridized carbons (Fsp3) is 0.294. The van der Waals surface area contributed by atoms with E-state index in [1.54, 1.807) is 6.92 Å². The van der Waals surface area contributed by atoms with Crippen LogP contribution < -0.4 is 5.32 Å². The van der Waals surface area contributed by atoms with Gasteiger partial charge in [0, 0.05) is 24.7 Å². The molecule has 1 aromatic carbocycles. The van der Waals surface area contributed by atoms with Crippen molar-refractivity contribution >= 4 is 5.91 Å². The fourth-order valence-electron chi connectivity index (χ4n) is 2.19. The second-order valence-electron chi connectivity index (χ2n) is 5.24. The number of hydrogen-bond acceptors (Lipinski definition) is 2. The molecule has 1 amide bonds. The molecule has 0 aliphatic carbocycles. The number of aryl methyl sites for hydroxylation is 1. The number of aromatic nitrogens is 2. The van der Waals surface area contributed by atoms with E-state index in [0.29, 0.717) is 12.1 Å². The molecule has 4 nitrogen and oxygen atoms in total. The predicted octanol–water partition coefficient (Wildman–Crippen LogP) is 2.51. The van der Waals surface area contributed by atoms with Crippen LogP contribution in [-0.2, 0) is 24.8 Å². The summed E-state index contributed by atoms with van der Waals surface area (Å²) in [4.78, 5) is 16.2. The van der Waals surface area contributed by atoms with Crippen LogP contribution in [0.4, 0.5) is 0 Å². The largest absolute Gasteiger partial charge is 0.347 e. The number of carbonyl (C=O) groups excluding carboxylic acids is 1. The van der Waals surface area contributed by atoms with E-state index in [2.05, 4.69) is 33.6 Å². The number of nitrogens with one attached hydrogen (secondary N) is 1. The van der Waals surface area contributed by atoms with Gasteiger partial charge in [-0.15, -0.1) is 0 Å². The van der Waals surface area contributed by atoms with Crippen molar-refractivity contribution in [1.29, 1.82) is 0 Å². The van der Waals surface area contributed by atoms with Crippen molar-refractivity contribution in [2.75, 3.05) is 0 Å². The zero-order valence-corrected chi connectivity index (χ0v) is 12.8. The normalized spacial score (nSPS) is 10.4. The van der Waals surface area contributed by atoms with Gasteiger partial charge in [0.2, 0.25) is 5.91 Å². The summed E-state index contributed by atoms with van der Waals surface area (Å²) in [5.74, 6) is 0.810. The summed E-state index contributed by atoms with van der Waals surface area (Å²) in [6.07, 6.45) is 0.802. The Hall–Kier alpha value is -2.36. The van der Waals surface area contributed by atoms with Gasteiger partial charge in [0.25, 0.3) is 0 Å². The van der Waals surface area contributed by atoms with Crippen LogP contribution in [0.1, 0.15) is 29.7 Å². The van der Waals surface area contributed by atoms with E-state index in [9.17, 15) is 4.79 Å². The highest BCUT2D eigenvalue weighted by atomic mass is 16.1. The lowest BCUT2D eigenvalue weighted by molar-refractivity contribution is -0.117. The quantitative estimate of drug-likeness (QED) is 0.857. The number of carbonyl (C=O) groups is 1. The number of nitrogens with zero attached hydrogens (tertiary/aromatic N) is 2. The van der Waals surface area contributed by atoms with Crippen molar-refractivity contribution in [2.24, 2.45) is 7.05 Å². The molecule has 0 fully saturated rings. The van der Waals surface area contributed by atoms with Gasteiger partial charge >= 0.3 is 0 Å². The first kappa shape index (κ1) is 15.0. The van der Waals surface area contributed by atoms with Gasteiger partial charge in [-0.2, -0.15) is 0 Å². The Balaban J connectivity index is 2.20. The Bertz CT molecular complexity index is 656. The van der Waals surface area contributed by atoms with Crippen molar-refractivity contribution in [2.45, 2.75) is 26.8 Å². The Morgan fingerprint density at radius 3 is 2.62 bits per heavy atom. The van der Waals surface area contributed by atoms with E-state index in [1.165, 1.54) is 5.56 Å². The van der Waals surface area contributed by atoms with Crippen LogP contribution in [0.2, 0.25) is 0 Å². The molecule has 0 saturated heterocycles. The molecule has 0 atom stereocenters. The van der Waals surface area contributed by atoms with Crippen LogP contribution in [0.15, 0.2) is 42.5 Å². The Morgan fingerprint density at radius 1 is 1.33 bits per heavy atom. The molecule has 0 unspecified atom stereocenters. The third-order valence-electron chi connectivity index (χ3n) is 3.54. The Morgan fingerprint density at radius 2 is 2.00 bits per heavy atom. The molecule has 0 spiro atoms. The van der Waals surface area contributed by atoms with Crippen molar-refractivity contribution in [3.05, 3.63) is 65.3 Å². The number of hydrogen-bond donors (Lipinski definition) is 1. The monoisotopic (exact) mass is 283 g/mol. The van der Waals surface area contributed by atoms with E-state index in [0.717, 1.165) is 23.6 Å². The molecule has 21 heavy (non-hydrogen) atoms. The predicted molar refractivity (Wildman–Crippen MR) is 83.9 cm³/mol. The average molecular weight is 283 g/mol. The molecule has 0 aliphatic heterocycles. The highest BCUT2D eigenvalue weighted by Crippen LogP contribution is 2.15. The van der Waals surface area contributed by atoms with Gasteiger partial charge in [0.15, 0.2) is 0 Å². The minimum atomic E-state index is -0.135. The van der Waals surface area contributed by atoms with E-state index in [1.807, 2.05) is 32.2 Å². The molecule has 0 aliphatic rings. The molecule has 1 N–H and O–H groups in total. The van der Waals surface area contributed by atoms with Gasteiger partial charge in [0.05, 0.1) is 12.2 Å². The average Bonchev–Trinajstić information content (AvgIpc) is 2.73. The van der Waals surface area contributed by atoms with Crippen LogP contribution in [0.5, 0.6) is 0 Å². The summed E-state index contributed by atoms with van der Waals surface area (Å²) >= 11 is 0. The summed E-state index contributed by atoms with van der Waals surface area (Å²) in [5, 5.41) is 2.85. The minimum absolute atomic E-state index is 0.135. The van der Waals surface area contributed by atoms with Gasteiger partial charge in [-0.3, -0.25) is 4.79 Å². The van der Waals surface area contributed by atoms with Gasteiger partial charge in [-0.05, 0) is 19.4 Å². The van der Waals surface area contributed by atoms with Crippen LogP contribution in [0.3, 0.4) is 0 Å². The Kier molecular flexibility index (Phi) is 4.58. The van der Waals surface area contributed by atoms with Crippen molar-refractivity contribution in [3.63, 3.8) is 0 Å². The molecule has 2 aromatic rings. The van der Waals surface area contributed by atoms with Gasteiger partial charge < -0.3 is 9.88 Å². The molecular weight excluding hydrogens is 262 g/mol. The summed E-state index contributed by atoms with van der Waals surface area (Å²) in [7, 11) is 2.00.